The van der Waals surface area contributed by atoms with Crippen LogP contribution in [0.5, 0.6) is 5.75 Å². The minimum Gasteiger partial charge on any atom is -0.485 e. The van der Waals surface area contributed by atoms with Crippen molar-refractivity contribution in [2.75, 3.05) is 19.6 Å². The fraction of sp³-hybridized carbons (Fsp3) is 0.542. The van der Waals surface area contributed by atoms with Gasteiger partial charge >= 0.3 is 6.03 Å². The number of benzene rings is 1. The molecule has 0 atom stereocenters. The molecule has 8 nitrogen and oxygen atoms in total. The maximum atomic E-state index is 12.9. The smallest absolute Gasteiger partial charge is 0.318 e. The fourth-order valence-corrected chi connectivity index (χ4v) is 4.53. The number of hydrogen-bond acceptors (Lipinski definition) is 5. The molecule has 0 bridgehead atoms. The second-order valence-electron chi connectivity index (χ2n) is 9.21. The highest BCUT2D eigenvalue weighted by atomic mass is 16.5. The number of hydrogen-bond donors (Lipinski definition) is 1. The highest BCUT2D eigenvalue weighted by Crippen LogP contribution is 2.35. The Balaban J connectivity index is 1.49. The predicted octanol–water partition coefficient (Wildman–Crippen LogP) is 3.21. The van der Waals surface area contributed by atoms with Crippen molar-refractivity contribution >= 4 is 11.9 Å². The Morgan fingerprint density at radius 1 is 1.16 bits per heavy atom. The zero-order valence-corrected chi connectivity index (χ0v) is 19.3. The first-order valence-corrected chi connectivity index (χ1v) is 11.3. The number of aryl methyl sites for hydroxylation is 2. The summed E-state index contributed by atoms with van der Waals surface area (Å²) in [5.41, 5.74) is 2.12. The van der Waals surface area contributed by atoms with Crippen LogP contribution in [0.25, 0.3) is 0 Å². The first-order valence-electron chi connectivity index (χ1n) is 11.3. The lowest BCUT2D eigenvalue weighted by Crippen LogP contribution is -2.56. The second-order valence-corrected chi connectivity index (χ2v) is 9.21. The Labute approximate surface area is 188 Å². The number of piperidine rings is 1. The molecule has 1 N–H and O–H groups in total. The molecular weight excluding hydrogens is 408 g/mol. The topological polar surface area (TPSA) is 87.9 Å². The lowest BCUT2D eigenvalue weighted by Gasteiger charge is -2.42. The van der Waals surface area contributed by atoms with Gasteiger partial charge in [0.05, 0.1) is 25.2 Å². The van der Waals surface area contributed by atoms with E-state index >= 15 is 0 Å². The average Bonchev–Trinajstić information content (AvgIpc) is 2.97. The van der Waals surface area contributed by atoms with Crippen LogP contribution in [0.1, 0.15) is 49.3 Å². The molecule has 8 heteroatoms. The Morgan fingerprint density at radius 3 is 2.53 bits per heavy atom. The van der Waals surface area contributed by atoms with Gasteiger partial charge in [0.2, 0.25) is 5.91 Å². The van der Waals surface area contributed by atoms with Crippen LogP contribution in [0.15, 0.2) is 28.8 Å². The third-order valence-electron chi connectivity index (χ3n) is 6.38. The Hall–Kier alpha value is -3.03. The van der Waals surface area contributed by atoms with Gasteiger partial charge in [-0.25, -0.2) is 4.79 Å². The number of nitrogens with zero attached hydrogens (tertiary/aromatic N) is 3. The van der Waals surface area contributed by atoms with Gasteiger partial charge in [-0.05, 0) is 33.8 Å². The van der Waals surface area contributed by atoms with E-state index in [0.717, 1.165) is 22.6 Å². The van der Waals surface area contributed by atoms with Gasteiger partial charge in [0.25, 0.3) is 0 Å². The Morgan fingerprint density at radius 2 is 1.88 bits per heavy atom. The molecule has 1 aromatic heterocycles. The summed E-state index contributed by atoms with van der Waals surface area (Å²) >= 11 is 0. The molecule has 32 heavy (non-hydrogen) atoms. The maximum absolute atomic E-state index is 12.9. The van der Waals surface area contributed by atoms with E-state index in [1.54, 1.807) is 0 Å². The van der Waals surface area contributed by atoms with Gasteiger partial charge in [0.15, 0.2) is 0 Å². The van der Waals surface area contributed by atoms with E-state index in [-0.39, 0.29) is 18.0 Å². The van der Waals surface area contributed by atoms with Crippen molar-refractivity contribution in [2.45, 2.75) is 65.1 Å². The molecule has 2 aliphatic rings. The number of amides is 3. The zero-order valence-electron chi connectivity index (χ0n) is 19.3. The molecule has 1 spiro atoms. The normalized spacial score (nSPS) is 17.7. The number of carbonyl (C=O) groups excluding carboxylic acids is 2. The highest BCUT2D eigenvalue weighted by Gasteiger charge is 2.42. The summed E-state index contributed by atoms with van der Waals surface area (Å²) in [6, 6.07) is 7.87. The maximum Gasteiger partial charge on any atom is 0.318 e. The van der Waals surface area contributed by atoms with Crippen molar-refractivity contribution in [3.63, 3.8) is 0 Å². The Bertz CT molecular complexity index is 972. The third kappa shape index (κ3) is 4.59. The van der Waals surface area contributed by atoms with Gasteiger partial charge in [0, 0.05) is 43.1 Å². The number of likely N-dealkylation sites (tertiary alicyclic amines) is 1. The van der Waals surface area contributed by atoms with E-state index in [4.69, 9.17) is 9.26 Å². The van der Waals surface area contributed by atoms with Gasteiger partial charge in [0.1, 0.15) is 17.1 Å². The number of rotatable bonds is 3. The molecule has 1 fully saturated rings. The van der Waals surface area contributed by atoms with E-state index in [1.807, 2.05) is 61.8 Å². The van der Waals surface area contributed by atoms with E-state index in [9.17, 15) is 9.59 Å². The lowest BCUT2D eigenvalue weighted by molar-refractivity contribution is -0.134. The van der Waals surface area contributed by atoms with E-state index in [2.05, 4.69) is 10.5 Å². The van der Waals surface area contributed by atoms with Crippen molar-refractivity contribution in [3.8, 4) is 5.75 Å². The van der Waals surface area contributed by atoms with Gasteiger partial charge in [-0.2, -0.15) is 0 Å². The van der Waals surface area contributed by atoms with Crippen LogP contribution in [0.3, 0.4) is 0 Å². The first-order chi connectivity index (χ1) is 15.3. The number of nitrogens with one attached hydrogen (secondary N) is 1. The van der Waals surface area contributed by atoms with Crippen molar-refractivity contribution in [1.82, 2.24) is 20.3 Å². The SMILES string of the molecule is Cc1noc(C)c1CC(=O)N1CCC2(CC1)CN(C(=O)NC(C)C)Cc1ccccc1O2. The van der Waals surface area contributed by atoms with E-state index < -0.39 is 5.60 Å². The van der Waals surface area contributed by atoms with Crippen molar-refractivity contribution in [2.24, 2.45) is 0 Å². The predicted molar refractivity (Wildman–Crippen MR) is 119 cm³/mol. The van der Waals surface area contributed by atoms with Gasteiger partial charge in [-0.15, -0.1) is 0 Å². The van der Waals surface area contributed by atoms with Crippen molar-refractivity contribution in [3.05, 3.63) is 46.8 Å². The van der Waals surface area contributed by atoms with Crippen LogP contribution in [0.4, 0.5) is 4.79 Å². The van der Waals surface area contributed by atoms with Crippen LogP contribution in [-0.4, -0.2) is 58.2 Å². The van der Waals surface area contributed by atoms with Crippen LogP contribution >= 0.6 is 0 Å². The van der Waals surface area contributed by atoms with Gasteiger partial charge in [-0.3, -0.25) is 4.79 Å². The quantitative estimate of drug-likeness (QED) is 0.792. The van der Waals surface area contributed by atoms with Crippen LogP contribution in [-0.2, 0) is 17.8 Å². The van der Waals surface area contributed by atoms with Crippen LogP contribution < -0.4 is 10.1 Å². The lowest BCUT2D eigenvalue weighted by atomic mass is 9.90. The monoisotopic (exact) mass is 440 g/mol. The van der Waals surface area contributed by atoms with Gasteiger partial charge in [-0.1, -0.05) is 23.4 Å². The fourth-order valence-electron chi connectivity index (χ4n) is 4.53. The number of carbonyl (C=O) groups is 2. The summed E-state index contributed by atoms with van der Waals surface area (Å²) in [6.07, 6.45) is 1.63. The van der Waals surface area contributed by atoms with Crippen molar-refractivity contribution < 1.29 is 18.8 Å². The molecule has 1 aromatic carbocycles. The minimum absolute atomic E-state index is 0.0571. The number of aromatic nitrogens is 1. The summed E-state index contributed by atoms with van der Waals surface area (Å²) in [7, 11) is 0. The highest BCUT2D eigenvalue weighted by molar-refractivity contribution is 5.79. The second kappa shape index (κ2) is 8.84. The summed E-state index contributed by atoms with van der Waals surface area (Å²) < 4.78 is 11.8. The molecule has 2 aromatic rings. The van der Waals surface area contributed by atoms with Gasteiger partial charge < -0.3 is 24.4 Å². The number of fused-ring (bicyclic) bond motifs is 1. The standard InChI is InChI=1S/C24H32N4O4/c1-16(2)25-23(30)28-14-19-7-5-6-8-21(19)31-24(15-28)9-11-27(12-10-24)22(29)13-20-17(3)26-32-18(20)4/h5-8,16H,9-15H2,1-4H3,(H,25,30). The number of urea groups is 1. The van der Waals surface area contributed by atoms with E-state index in [0.29, 0.717) is 51.2 Å². The van der Waals surface area contributed by atoms with Crippen molar-refractivity contribution in [1.29, 1.82) is 0 Å². The average molecular weight is 441 g/mol. The molecule has 3 heterocycles. The third-order valence-corrected chi connectivity index (χ3v) is 6.38. The summed E-state index contributed by atoms with van der Waals surface area (Å²) in [6.45, 7) is 9.78. The molecular formula is C24H32N4O4. The van der Waals surface area contributed by atoms with Crippen LogP contribution in [0, 0.1) is 13.8 Å². The Kier molecular flexibility index (Phi) is 6.13. The molecule has 2 aliphatic heterocycles. The largest absolute Gasteiger partial charge is 0.485 e. The summed E-state index contributed by atoms with van der Waals surface area (Å²) in [4.78, 5) is 29.6. The molecule has 4 rings (SSSR count). The summed E-state index contributed by atoms with van der Waals surface area (Å²) in [5.74, 6) is 1.58. The first kappa shape index (κ1) is 22.2. The molecule has 0 aliphatic carbocycles. The molecule has 0 saturated carbocycles. The number of para-hydroxylation sites is 1. The molecule has 172 valence electrons. The minimum atomic E-state index is -0.513. The molecule has 3 amide bonds. The molecule has 0 unspecified atom stereocenters. The molecule has 0 radical (unpaired) electrons. The van der Waals surface area contributed by atoms with E-state index in [1.165, 1.54) is 0 Å². The summed E-state index contributed by atoms with van der Waals surface area (Å²) in [5, 5.41) is 6.96. The molecule has 1 saturated heterocycles. The number of ether oxygens (including phenoxy) is 1. The van der Waals surface area contributed by atoms with Crippen LogP contribution in [0.2, 0.25) is 0 Å². The zero-order chi connectivity index (χ0) is 22.9.